The van der Waals surface area contributed by atoms with Crippen LogP contribution in [0.15, 0.2) is 16.7 Å². The van der Waals surface area contributed by atoms with Crippen molar-refractivity contribution < 1.29 is 4.42 Å². The molecule has 0 aromatic carbocycles. The van der Waals surface area contributed by atoms with E-state index >= 15 is 0 Å². The van der Waals surface area contributed by atoms with E-state index in [2.05, 4.69) is 55.7 Å². The zero-order chi connectivity index (χ0) is 13.9. The summed E-state index contributed by atoms with van der Waals surface area (Å²) >= 11 is 2.05. The van der Waals surface area contributed by atoms with Crippen molar-refractivity contribution in [1.82, 2.24) is 10.2 Å². The molecule has 4 heteroatoms. The fourth-order valence-electron chi connectivity index (χ4n) is 2.17. The molecule has 0 bridgehead atoms. The van der Waals surface area contributed by atoms with Gasteiger partial charge in [-0.25, -0.2) is 0 Å². The van der Waals surface area contributed by atoms with Crippen LogP contribution in [0.1, 0.15) is 39.0 Å². The van der Waals surface area contributed by atoms with E-state index in [1.54, 1.807) is 0 Å². The van der Waals surface area contributed by atoms with E-state index in [1.807, 2.05) is 6.26 Å². The largest absolute Gasteiger partial charge is 0.468 e. The van der Waals surface area contributed by atoms with Crippen molar-refractivity contribution in [2.24, 2.45) is 0 Å². The Kier molecular flexibility index (Phi) is 4.98. The molecule has 0 spiro atoms. The van der Waals surface area contributed by atoms with Crippen molar-refractivity contribution in [3.8, 4) is 0 Å². The maximum atomic E-state index is 5.69. The lowest BCUT2D eigenvalue weighted by Crippen LogP contribution is -2.39. The molecule has 3 nitrogen and oxygen atoms in total. The van der Waals surface area contributed by atoms with E-state index in [-0.39, 0.29) is 5.54 Å². The van der Waals surface area contributed by atoms with Gasteiger partial charge in [0, 0.05) is 41.7 Å². The average Bonchev–Trinajstić information content (AvgIpc) is 2.77. The maximum absolute atomic E-state index is 5.69. The van der Waals surface area contributed by atoms with E-state index in [9.17, 15) is 0 Å². The number of thioether (sulfide) groups is 1. The van der Waals surface area contributed by atoms with Crippen LogP contribution in [0.4, 0.5) is 0 Å². The quantitative estimate of drug-likeness (QED) is 0.918. The van der Waals surface area contributed by atoms with Crippen molar-refractivity contribution in [2.75, 3.05) is 18.1 Å². The molecule has 0 amide bonds. The lowest BCUT2D eigenvalue weighted by atomic mass is 10.1. The summed E-state index contributed by atoms with van der Waals surface area (Å²) in [5.74, 6) is 3.56. The highest BCUT2D eigenvalue weighted by molar-refractivity contribution is 7.99. The van der Waals surface area contributed by atoms with Crippen LogP contribution in [0, 0.1) is 0 Å². The Labute approximate surface area is 121 Å². The second-order valence-electron chi connectivity index (χ2n) is 6.42. The number of hydrogen-bond donors (Lipinski definition) is 1. The Balaban J connectivity index is 1.86. The van der Waals surface area contributed by atoms with Gasteiger partial charge in [-0.15, -0.1) is 0 Å². The van der Waals surface area contributed by atoms with Crippen LogP contribution in [0.5, 0.6) is 0 Å². The molecule has 1 aromatic heterocycles. The second kappa shape index (κ2) is 6.33. The monoisotopic (exact) mass is 282 g/mol. The molecule has 0 saturated carbocycles. The number of furan rings is 1. The molecule has 1 N–H and O–H groups in total. The third-order valence-corrected chi connectivity index (χ3v) is 4.58. The van der Waals surface area contributed by atoms with Crippen molar-refractivity contribution in [3.05, 3.63) is 23.7 Å². The lowest BCUT2D eigenvalue weighted by molar-refractivity contribution is 0.206. The van der Waals surface area contributed by atoms with Crippen LogP contribution >= 0.6 is 11.8 Å². The molecule has 2 rings (SSSR count). The summed E-state index contributed by atoms with van der Waals surface area (Å²) in [6.07, 6.45) is 1.89. The molecule has 19 heavy (non-hydrogen) atoms. The molecule has 2 heterocycles. The summed E-state index contributed by atoms with van der Waals surface area (Å²) in [5, 5.41) is 3.49. The van der Waals surface area contributed by atoms with Crippen LogP contribution in [0.3, 0.4) is 0 Å². The fraction of sp³-hybridized carbons (Fsp3) is 0.733. The Morgan fingerprint density at radius 3 is 2.95 bits per heavy atom. The first-order chi connectivity index (χ1) is 8.94. The number of rotatable bonds is 4. The molecule has 1 aromatic rings. The van der Waals surface area contributed by atoms with Gasteiger partial charge in [-0.05, 0) is 33.8 Å². The lowest BCUT2D eigenvalue weighted by Gasteiger charge is -2.32. The summed E-state index contributed by atoms with van der Waals surface area (Å²) in [5.41, 5.74) is 1.39. The van der Waals surface area contributed by atoms with Crippen molar-refractivity contribution in [1.29, 1.82) is 0 Å². The van der Waals surface area contributed by atoms with E-state index < -0.39 is 0 Å². The average molecular weight is 282 g/mol. The minimum Gasteiger partial charge on any atom is -0.468 e. The van der Waals surface area contributed by atoms with Crippen molar-refractivity contribution in [2.45, 2.75) is 52.4 Å². The normalized spacial score (nSPS) is 21.8. The summed E-state index contributed by atoms with van der Waals surface area (Å²) in [6, 6.07) is 2.84. The van der Waals surface area contributed by atoms with Gasteiger partial charge in [0.2, 0.25) is 0 Å². The topological polar surface area (TPSA) is 28.4 Å². The smallest absolute Gasteiger partial charge is 0.118 e. The zero-order valence-corrected chi connectivity index (χ0v) is 13.3. The van der Waals surface area contributed by atoms with Gasteiger partial charge in [0.1, 0.15) is 5.76 Å². The fourth-order valence-corrected chi connectivity index (χ4v) is 3.25. The van der Waals surface area contributed by atoms with Gasteiger partial charge < -0.3 is 9.73 Å². The standard InChI is InChI=1S/C15H26N2OS/c1-12-11-19-6-5-17(12)9-14-7-13(10-18-14)8-16-15(2,3)4/h7,10,12,16H,5-6,8-9,11H2,1-4H3. The molecule has 1 aliphatic heterocycles. The third-order valence-electron chi connectivity index (χ3n) is 3.40. The predicted octanol–water partition coefficient (Wildman–Crippen LogP) is 3.11. The summed E-state index contributed by atoms with van der Waals surface area (Å²) < 4.78 is 5.69. The van der Waals surface area contributed by atoms with Crippen LogP contribution in [0.25, 0.3) is 0 Å². The van der Waals surface area contributed by atoms with Gasteiger partial charge in [-0.1, -0.05) is 0 Å². The SMILES string of the molecule is CC1CSCCN1Cc1cc(CNC(C)(C)C)co1. The van der Waals surface area contributed by atoms with Gasteiger partial charge in [0.05, 0.1) is 12.8 Å². The maximum Gasteiger partial charge on any atom is 0.118 e. The highest BCUT2D eigenvalue weighted by Crippen LogP contribution is 2.19. The first-order valence-corrected chi connectivity index (χ1v) is 8.22. The highest BCUT2D eigenvalue weighted by atomic mass is 32.2. The molecule has 1 fully saturated rings. The zero-order valence-electron chi connectivity index (χ0n) is 12.5. The molecule has 1 saturated heterocycles. The van der Waals surface area contributed by atoms with E-state index in [1.165, 1.54) is 23.6 Å². The molecular weight excluding hydrogens is 256 g/mol. The molecule has 108 valence electrons. The van der Waals surface area contributed by atoms with E-state index in [0.29, 0.717) is 6.04 Å². The Morgan fingerprint density at radius 1 is 1.47 bits per heavy atom. The Hall–Kier alpha value is -0.450. The van der Waals surface area contributed by atoms with Crippen LogP contribution in [0.2, 0.25) is 0 Å². The van der Waals surface area contributed by atoms with Crippen molar-refractivity contribution in [3.63, 3.8) is 0 Å². The van der Waals surface area contributed by atoms with E-state index in [0.717, 1.165) is 18.8 Å². The minimum absolute atomic E-state index is 0.149. The first-order valence-electron chi connectivity index (χ1n) is 7.07. The summed E-state index contributed by atoms with van der Waals surface area (Å²) in [6.45, 7) is 11.8. The Bertz CT molecular complexity index is 397. The molecule has 0 aliphatic carbocycles. The van der Waals surface area contributed by atoms with Gasteiger partial charge >= 0.3 is 0 Å². The second-order valence-corrected chi connectivity index (χ2v) is 7.57. The molecular formula is C15H26N2OS. The minimum atomic E-state index is 0.149. The first kappa shape index (κ1) is 14.9. The van der Waals surface area contributed by atoms with E-state index in [4.69, 9.17) is 4.42 Å². The highest BCUT2D eigenvalue weighted by Gasteiger charge is 2.20. The van der Waals surface area contributed by atoms with Gasteiger partial charge in [-0.2, -0.15) is 11.8 Å². The van der Waals surface area contributed by atoms with Crippen LogP contribution in [-0.2, 0) is 13.1 Å². The van der Waals surface area contributed by atoms with Gasteiger partial charge in [0.25, 0.3) is 0 Å². The Morgan fingerprint density at radius 2 is 2.26 bits per heavy atom. The molecule has 1 unspecified atom stereocenters. The molecule has 0 radical (unpaired) electrons. The number of hydrogen-bond acceptors (Lipinski definition) is 4. The summed E-state index contributed by atoms with van der Waals surface area (Å²) in [7, 11) is 0. The van der Waals surface area contributed by atoms with Gasteiger partial charge in [-0.3, -0.25) is 4.90 Å². The van der Waals surface area contributed by atoms with Gasteiger partial charge in [0.15, 0.2) is 0 Å². The van der Waals surface area contributed by atoms with Crippen LogP contribution < -0.4 is 5.32 Å². The number of nitrogens with zero attached hydrogens (tertiary/aromatic N) is 1. The van der Waals surface area contributed by atoms with Crippen LogP contribution in [-0.4, -0.2) is 34.5 Å². The number of nitrogens with one attached hydrogen (secondary N) is 1. The predicted molar refractivity (Wildman–Crippen MR) is 82.5 cm³/mol. The molecule has 1 aliphatic rings. The van der Waals surface area contributed by atoms with Crippen molar-refractivity contribution >= 4 is 11.8 Å². The third kappa shape index (κ3) is 4.86. The molecule has 1 atom stereocenters. The summed E-state index contributed by atoms with van der Waals surface area (Å²) in [4.78, 5) is 2.51.